The van der Waals surface area contributed by atoms with Crippen molar-refractivity contribution in [3.05, 3.63) is 116 Å². The van der Waals surface area contributed by atoms with Crippen LogP contribution in [0.3, 0.4) is 0 Å². The molecular weight excluding hydrogens is 1070 g/mol. The molecule has 13 rings (SSSR count). The normalized spacial score (nSPS) is 25.0. The first-order chi connectivity index (χ1) is 37.5. The Labute approximate surface area is 511 Å². The van der Waals surface area contributed by atoms with Gasteiger partial charge in [0.05, 0.1) is 24.6 Å². The number of phenols is 2. The van der Waals surface area contributed by atoms with E-state index in [1.807, 2.05) is 0 Å². The summed E-state index contributed by atoms with van der Waals surface area (Å²) in [6.45, 7) is 20.0. The van der Waals surface area contributed by atoms with E-state index in [9.17, 15) is 10.2 Å². The van der Waals surface area contributed by atoms with Crippen LogP contribution in [-0.2, 0) is 47.9 Å². The maximum absolute atomic E-state index is 13.5. The van der Waals surface area contributed by atoms with Crippen LogP contribution in [0.25, 0.3) is 44.8 Å². The SMILES string of the molecule is CCCCCCCCOc1cccc(-c2c(O)c(C34CC5CC(CC(C5)C3)C4)cc(C(C)(C)C)c2-c2cccc(-c3c(C(C)(C)C)cc(C45CC6CC(CC(C6)C4)C5)c(O)c3-c3cccc(OCCCCCCCC)c3)n2)c1.[CH3-].[CH3-].[Zr+2]. The number of aromatic nitrogens is 1. The molecule has 436 valence electrons. The molecule has 2 N–H and O–H groups in total. The zero-order valence-corrected chi connectivity index (χ0v) is 54.5. The van der Waals surface area contributed by atoms with Crippen LogP contribution in [0.5, 0.6) is 23.0 Å². The van der Waals surface area contributed by atoms with Crippen LogP contribution < -0.4 is 9.47 Å². The van der Waals surface area contributed by atoms with Crippen LogP contribution in [0.2, 0.25) is 0 Å². The summed E-state index contributed by atoms with van der Waals surface area (Å²) in [6.07, 6.45) is 29.6. The minimum absolute atomic E-state index is 0. The van der Waals surface area contributed by atoms with E-state index in [1.54, 1.807) is 0 Å². The number of rotatable bonds is 22. The molecule has 0 spiro atoms. The average molecular weight is 1170 g/mol. The van der Waals surface area contributed by atoms with Crippen molar-refractivity contribution in [2.24, 2.45) is 35.5 Å². The van der Waals surface area contributed by atoms with Crippen molar-refractivity contribution >= 4 is 0 Å². The van der Waals surface area contributed by atoms with Crippen molar-refractivity contribution in [2.45, 2.75) is 231 Å². The second-order valence-corrected chi connectivity index (χ2v) is 28.7. The fourth-order valence-corrected chi connectivity index (χ4v) is 17.7. The van der Waals surface area contributed by atoms with Gasteiger partial charge in [0, 0.05) is 33.4 Å². The van der Waals surface area contributed by atoms with Crippen LogP contribution >= 0.6 is 0 Å². The standard InChI is InChI=1S/C73H97NO4.2CH3.Zr/c1-9-11-13-15-17-19-30-77-56-26-21-24-54(38-56)64-66(58(70(3,4)5)40-60(68(64)75)72-42-48-32-49(43-72)34-50(33-48)44-72)62-28-23-29-63(74-62)67-59(71(6,7)8)41-61(73-45-51-35-52(46-73)37-53(36-51)47-73)69(76)65(67)55-25-22-27-57(39-55)78-31-20-18-16-14-12-10-2;;;/h21-29,38-41,48-53,75-76H,9-20,30-37,42-47H2,1-8H3;2*1H3;/q;2*-1;+2. The van der Waals surface area contributed by atoms with Crippen molar-refractivity contribution in [1.82, 2.24) is 4.98 Å². The van der Waals surface area contributed by atoms with Gasteiger partial charge in [0.2, 0.25) is 0 Å². The van der Waals surface area contributed by atoms with Crippen molar-refractivity contribution in [1.29, 1.82) is 0 Å². The number of phenolic OH excluding ortho intramolecular Hbond substituents is 2. The molecule has 6 heteroatoms. The van der Waals surface area contributed by atoms with E-state index < -0.39 is 0 Å². The summed E-state index contributed by atoms with van der Waals surface area (Å²) in [5, 5.41) is 27.0. The predicted octanol–water partition coefficient (Wildman–Crippen LogP) is 21.1. The molecule has 0 saturated heterocycles. The summed E-state index contributed by atoms with van der Waals surface area (Å²) >= 11 is 0. The van der Waals surface area contributed by atoms with Crippen LogP contribution in [0, 0.1) is 50.4 Å². The molecule has 8 aliphatic rings. The third-order valence-electron chi connectivity index (χ3n) is 20.5. The molecule has 8 bridgehead atoms. The molecule has 0 amide bonds. The minimum atomic E-state index is -0.284. The molecule has 8 fully saturated rings. The second-order valence-electron chi connectivity index (χ2n) is 28.7. The van der Waals surface area contributed by atoms with Crippen molar-refractivity contribution < 1.29 is 45.9 Å². The Morgan fingerprint density at radius 2 is 0.765 bits per heavy atom. The van der Waals surface area contributed by atoms with Crippen LogP contribution in [0.4, 0.5) is 0 Å². The zero-order valence-electron chi connectivity index (χ0n) is 52.0. The molecule has 0 unspecified atom stereocenters. The number of pyridine rings is 1. The predicted molar refractivity (Wildman–Crippen MR) is 337 cm³/mol. The maximum atomic E-state index is 13.5. The van der Waals surface area contributed by atoms with Gasteiger partial charge in [-0.15, -0.1) is 0 Å². The summed E-state index contributed by atoms with van der Waals surface area (Å²) in [7, 11) is 0. The molecular formula is C75H103NO4Zr. The van der Waals surface area contributed by atoms with Gasteiger partial charge < -0.3 is 34.5 Å². The maximum Gasteiger partial charge on any atom is 2.00 e. The summed E-state index contributed by atoms with van der Waals surface area (Å²) in [5.41, 5.74) is 11.4. The summed E-state index contributed by atoms with van der Waals surface area (Å²) < 4.78 is 13.2. The van der Waals surface area contributed by atoms with Crippen LogP contribution in [0.15, 0.2) is 78.9 Å². The largest absolute Gasteiger partial charge is 2.00 e. The van der Waals surface area contributed by atoms with Gasteiger partial charge in [-0.25, -0.2) is 4.98 Å². The van der Waals surface area contributed by atoms with Crippen molar-refractivity contribution in [3.63, 3.8) is 0 Å². The molecule has 0 aliphatic heterocycles. The minimum Gasteiger partial charge on any atom is -0.507 e. The van der Waals surface area contributed by atoms with E-state index in [0.717, 1.165) is 154 Å². The van der Waals surface area contributed by atoms with Gasteiger partial charge >= 0.3 is 26.2 Å². The molecule has 5 nitrogen and oxygen atoms in total. The monoisotopic (exact) mass is 1170 g/mol. The number of aromatic hydroxyl groups is 2. The molecule has 0 atom stereocenters. The molecule has 1 aromatic heterocycles. The summed E-state index contributed by atoms with van der Waals surface area (Å²) in [6, 6.07) is 28.6. The number of hydrogen-bond donors (Lipinski definition) is 2. The number of benzene rings is 4. The van der Waals surface area contributed by atoms with Gasteiger partial charge in [0.15, 0.2) is 0 Å². The number of ether oxygens (including phenoxy) is 2. The average Bonchev–Trinajstić information content (AvgIpc) is 3.43. The second kappa shape index (κ2) is 26.2. The van der Waals surface area contributed by atoms with Crippen LogP contribution in [0.1, 0.15) is 232 Å². The fourth-order valence-electron chi connectivity index (χ4n) is 17.7. The molecule has 8 saturated carbocycles. The van der Waals surface area contributed by atoms with Crippen molar-refractivity contribution in [2.75, 3.05) is 13.2 Å². The van der Waals surface area contributed by atoms with E-state index in [-0.39, 0.29) is 62.7 Å². The molecule has 1 heterocycles. The van der Waals surface area contributed by atoms with Gasteiger partial charge in [0.25, 0.3) is 0 Å². The Morgan fingerprint density at radius 1 is 0.444 bits per heavy atom. The molecule has 5 aromatic rings. The first kappa shape index (κ1) is 63.1. The Bertz CT molecular complexity index is 2660. The van der Waals surface area contributed by atoms with E-state index in [1.165, 1.54) is 114 Å². The number of nitrogens with zero attached hydrogens (tertiary/aromatic N) is 1. The molecule has 8 aliphatic carbocycles. The molecule has 0 radical (unpaired) electrons. The van der Waals surface area contributed by atoms with Crippen LogP contribution in [-0.4, -0.2) is 28.4 Å². The first-order valence-electron chi connectivity index (χ1n) is 31.8. The topological polar surface area (TPSA) is 71.8 Å². The smallest absolute Gasteiger partial charge is 0.507 e. The Balaban J connectivity index is 0.00000287. The quantitative estimate of drug-likeness (QED) is 0.0534. The molecule has 4 aromatic carbocycles. The van der Waals surface area contributed by atoms with E-state index in [2.05, 4.69) is 134 Å². The Hall–Kier alpha value is -3.89. The van der Waals surface area contributed by atoms with Gasteiger partial charge in [-0.2, -0.15) is 0 Å². The van der Waals surface area contributed by atoms with Crippen molar-refractivity contribution in [3.8, 4) is 67.8 Å². The number of unbranched alkanes of at least 4 members (excludes halogenated alkanes) is 10. The zero-order chi connectivity index (χ0) is 54.4. The van der Waals surface area contributed by atoms with E-state index in [4.69, 9.17) is 14.5 Å². The fraction of sp³-hybridized carbons (Fsp3) is 0.587. The Kier molecular flexibility index (Phi) is 20.4. The summed E-state index contributed by atoms with van der Waals surface area (Å²) in [4.78, 5) is 5.90. The summed E-state index contributed by atoms with van der Waals surface area (Å²) in [5.74, 6) is 6.94. The van der Waals surface area contributed by atoms with Gasteiger partial charge in [-0.3, -0.25) is 0 Å². The first-order valence-corrected chi connectivity index (χ1v) is 31.8. The Morgan fingerprint density at radius 3 is 1.10 bits per heavy atom. The molecule has 81 heavy (non-hydrogen) atoms. The third kappa shape index (κ3) is 13.2. The third-order valence-corrected chi connectivity index (χ3v) is 20.5. The van der Waals surface area contributed by atoms with Gasteiger partial charge in [-0.1, -0.05) is 162 Å². The van der Waals surface area contributed by atoms with E-state index in [0.29, 0.717) is 24.7 Å². The van der Waals surface area contributed by atoms with Gasteiger partial charge in [-0.05, 0) is 206 Å². The van der Waals surface area contributed by atoms with E-state index >= 15 is 0 Å². The van der Waals surface area contributed by atoms with Gasteiger partial charge in [0.1, 0.15) is 23.0 Å². The number of hydrogen-bond acceptors (Lipinski definition) is 5.